The maximum atomic E-state index is 12.8. The number of anilines is 1. The van der Waals surface area contributed by atoms with Gasteiger partial charge in [0.05, 0.1) is 0 Å². The first-order valence-corrected chi connectivity index (χ1v) is 9.23. The minimum atomic E-state index is 0.213. The topological polar surface area (TPSA) is 46.3 Å². The van der Waals surface area contributed by atoms with E-state index in [-0.39, 0.29) is 11.9 Å². The molecule has 2 aromatic rings. The summed E-state index contributed by atoms with van der Waals surface area (Å²) in [7, 11) is 0. The van der Waals surface area contributed by atoms with Gasteiger partial charge < -0.3 is 10.6 Å². The summed E-state index contributed by atoms with van der Waals surface area (Å²) in [5, 5.41) is 0. The molecule has 1 atom stereocenters. The number of para-hydroxylation sites is 1. The van der Waals surface area contributed by atoms with Gasteiger partial charge in [-0.1, -0.05) is 55.0 Å². The van der Waals surface area contributed by atoms with Gasteiger partial charge in [0.15, 0.2) is 0 Å². The van der Waals surface area contributed by atoms with E-state index in [4.69, 9.17) is 5.73 Å². The Bertz CT molecular complexity index is 679. The van der Waals surface area contributed by atoms with Gasteiger partial charge >= 0.3 is 0 Å². The Morgan fingerprint density at radius 3 is 2.36 bits per heavy atom. The number of rotatable bonds is 8. The van der Waals surface area contributed by atoms with Crippen LogP contribution in [0.25, 0.3) is 0 Å². The molecule has 0 fully saturated rings. The third-order valence-corrected chi connectivity index (χ3v) is 4.83. The fraction of sp³-hybridized carbons (Fsp3) is 0.409. The SMILES string of the molecule is CCC(Cc1ccc(C)cc1)N(CC)C(=O)CCc1ccccc1N. The minimum Gasteiger partial charge on any atom is -0.399 e. The molecule has 0 radical (unpaired) electrons. The molecule has 0 aromatic heterocycles. The molecule has 0 bridgehead atoms. The van der Waals surface area contributed by atoms with Gasteiger partial charge in [0.25, 0.3) is 0 Å². The Morgan fingerprint density at radius 1 is 1.08 bits per heavy atom. The van der Waals surface area contributed by atoms with Crippen LogP contribution in [0.3, 0.4) is 0 Å². The fourth-order valence-corrected chi connectivity index (χ4v) is 3.26. The van der Waals surface area contributed by atoms with Crippen LogP contribution < -0.4 is 5.73 Å². The van der Waals surface area contributed by atoms with Crippen LogP contribution in [0.15, 0.2) is 48.5 Å². The summed E-state index contributed by atoms with van der Waals surface area (Å²) in [6.07, 6.45) is 3.07. The van der Waals surface area contributed by atoms with Crippen LogP contribution in [-0.4, -0.2) is 23.4 Å². The van der Waals surface area contributed by atoms with Crippen molar-refractivity contribution in [2.24, 2.45) is 0 Å². The largest absolute Gasteiger partial charge is 0.399 e. The highest BCUT2D eigenvalue weighted by Crippen LogP contribution is 2.17. The Balaban J connectivity index is 2.01. The van der Waals surface area contributed by atoms with Crippen molar-refractivity contribution in [2.75, 3.05) is 12.3 Å². The summed E-state index contributed by atoms with van der Waals surface area (Å²) in [6, 6.07) is 16.6. The highest BCUT2D eigenvalue weighted by molar-refractivity contribution is 5.77. The molecule has 1 amide bonds. The molecule has 2 N–H and O–H groups in total. The zero-order valence-electron chi connectivity index (χ0n) is 15.7. The van der Waals surface area contributed by atoms with Crippen molar-refractivity contribution >= 4 is 11.6 Å². The average molecular weight is 338 g/mol. The fourth-order valence-electron chi connectivity index (χ4n) is 3.26. The molecular weight excluding hydrogens is 308 g/mol. The number of hydrogen-bond acceptors (Lipinski definition) is 2. The number of aryl methyl sites for hydroxylation is 2. The van der Waals surface area contributed by atoms with Crippen LogP contribution >= 0.6 is 0 Å². The highest BCUT2D eigenvalue weighted by atomic mass is 16.2. The van der Waals surface area contributed by atoms with E-state index in [1.165, 1.54) is 11.1 Å². The lowest BCUT2D eigenvalue weighted by atomic mass is 10.0. The lowest BCUT2D eigenvalue weighted by Gasteiger charge is -2.30. The van der Waals surface area contributed by atoms with Gasteiger partial charge in [-0.25, -0.2) is 0 Å². The number of amides is 1. The van der Waals surface area contributed by atoms with Crippen LogP contribution in [0.5, 0.6) is 0 Å². The van der Waals surface area contributed by atoms with Gasteiger partial charge in [0.2, 0.25) is 5.91 Å². The molecule has 1 unspecified atom stereocenters. The second-order valence-corrected chi connectivity index (χ2v) is 6.63. The molecule has 134 valence electrons. The van der Waals surface area contributed by atoms with Gasteiger partial charge in [-0.15, -0.1) is 0 Å². The second kappa shape index (κ2) is 9.26. The lowest BCUT2D eigenvalue weighted by Crippen LogP contribution is -2.41. The Labute approximate surface area is 151 Å². The highest BCUT2D eigenvalue weighted by Gasteiger charge is 2.21. The number of nitrogen functional groups attached to an aromatic ring is 1. The van der Waals surface area contributed by atoms with Crippen molar-refractivity contribution in [3.63, 3.8) is 0 Å². The molecule has 2 rings (SSSR count). The number of hydrogen-bond donors (Lipinski definition) is 1. The lowest BCUT2D eigenvalue weighted by molar-refractivity contribution is -0.133. The van der Waals surface area contributed by atoms with Gasteiger partial charge in [0, 0.05) is 24.7 Å². The monoisotopic (exact) mass is 338 g/mol. The molecule has 0 aliphatic carbocycles. The summed E-state index contributed by atoms with van der Waals surface area (Å²) < 4.78 is 0. The summed E-state index contributed by atoms with van der Waals surface area (Å²) in [5.41, 5.74) is 10.4. The number of carbonyl (C=O) groups excluding carboxylic acids is 1. The molecule has 0 saturated heterocycles. The molecule has 0 spiro atoms. The first-order valence-electron chi connectivity index (χ1n) is 9.23. The van der Waals surface area contributed by atoms with Gasteiger partial charge in [-0.3, -0.25) is 4.79 Å². The Morgan fingerprint density at radius 2 is 1.76 bits per heavy atom. The molecule has 0 aliphatic heterocycles. The van der Waals surface area contributed by atoms with Crippen molar-refractivity contribution in [1.82, 2.24) is 4.90 Å². The van der Waals surface area contributed by atoms with Crippen LogP contribution in [0, 0.1) is 6.92 Å². The van der Waals surface area contributed by atoms with Gasteiger partial charge in [0.1, 0.15) is 0 Å². The number of carbonyl (C=O) groups is 1. The zero-order chi connectivity index (χ0) is 18.2. The van der Waals surface area contributed by atoms with Crippen molar-refractivity contribution in [3.05, 3.63) is 65.2 Å². The summed E-state index contributed by atoms with van der Waals surface area (Å²) in [6.45, 7) is 7.06. The minimum absolute atomic E-state index is 0.213. The Hall–Kier alpha value is -2.29. The van der Waals surface area contributed by atoms with Crippen molar-refractivity contribution in [1.29, 1.82) is 0 Å². The maximum absolute atomic E-state index is 12.8. The predicted molar refractivity (Wildman–Crippen MR) is 106 cm³/mol. The number of benzene rings is 2. The molecule has 3 nitrogen and oxygen atoms in total. The van der Waals surface area contributed by atoms with E-state index in [1.807, 2.05) is 29.2 Å². The van der Waals surface area contributed by atoms with E-state index in [0.29, 0.717) is 12.8 Å². The first kappa shape index (κ1) is 19.0. The maximum Gasteiger partial charge on any atom is 0.223 e. The van der Waals surface area contributed by atoms with Crippen molar-refractivity contribution in [2.45, 2.75) is 52.5 Å². The normalized spacial score (nSPS) is 12.0. The third-order valence-electron chi connectivity index (χ3n) is 4.83. The molecule has 0 aliphatic rings. The van der Waals surface area contributed by atoms with E-state index >= 15 is 0 Å². The van der Waals surface area contributed by atoms with Gasteiger partial charge in [-0.2, -0.15) is 0 Å². The van der Waals surface area contributed by atoms with E-state index in [2.05, 4.69) is 45.0 Å². The molecular formula is C22H30N2O. The number of likely N-dealkylation sites (N-methyl/N-ethyl adjacent to an activating group) is 1. The van der Waals surface area contributed by atoms with E-state index in [9.17, 15) is 4.79 Å². The van der Waals surface area contributed by atoms with Crippen molar-refractivity contribution < 1.29 is 4.79 Å². The summed E-state index contributed by atoms with van der Waals surface area (Å²) in [5.74, 6) is 0.213. The smallest absolute Gasteiger partial charge is 0.223 e. The average Bonchev–Trinajstić information content (AvgIpc) is 2.62. The zero-order valence-corrected chi connectivity index (χ0v) is 15.7. The van der Waals surface area contributed by atoms with E-state index in [0.717, 1.165) is 30.6 Å². The standard InChI is InChI=1S/C22H30N2O/c1-4-20(16-18-12-10-17(3)11-13-18)24(5-2)22(25)15-14-19-8-6-7-9-21(19)23/h6-13,20H,4-5,14-16,23H2,1-3H3. The molecule has 3 heteroatoms. The number of nitrogens with two attached hydrogens (primary N) is 1. The molecule has 2 aromatic carbocycles. The Kier molecular flexibility index (Phi) is 7.05. The summed E-state index contributed by atoms with van der Waals surface area (Å²) >= 11 is 0. The predicted octanol–water partition coefficient (Wildman–Crippen LogP) is 4.38. The second-order valence-electron chi connectivity index (χ2n) is 6.63. The van der Waals surface area contributed by atoms with Crippen LogP contribution in [0.2, 0.25) is 0 Å². The molecule has 0 saturated carbocycles. The quantitative estimate of drug-likeness (QED) is 0.726. The van der Waals surface area contributed by atoms with E-state index in [1.54, 1.807) is 0 Å². The first-order chi connectivity index (χ1) is 12.0. The van der Waals surface area contributed by atoms with Crippen LogP contribution in [-0.2, 0) is 17.6 Å². The van der Waals surface area contributed by atoms with E-state index < -0.39 is 0 Å². The molecule has 25 heavy (non-hydrogen) atoms. The number of nitrogens with zero attached hydrogens (tertiary/aromatic N) is 1. The third kappa shape index (κ3) is 5.35. The van der Waals surface area contributed by atoms with Gasteiger partial charge in [-0.05, 0) is 50.3 Å². The molecule has 0 heterocycles. The summed E-state index contributed by atoms with van der Waals surface area (Å²) in [4.78, 5) is 14.8. The van der Waals surface area contributed by atoms with Crippen LogP contribution in [0.1, 0.15) is 43.4 Å². The van der Waals surface area contributed by atoms with Crippen molar-refractivity contribution in [3.8, 4) is 0 Å². The van der Waals surface area contributed by atoms with Crippen LogP contribution in [0.4, 0.5) is 5.69 Å².